The van der Waals surface area contributed by atoms with E-state index in [9.17, 15) is 22.2 Å². The Hall–Kier alpha value is -1.41. The summed E-state index contributed by atoms with van der Waals surface area (Å²) in [6.45, 7) is 0. The van der Waals surface area contributed by atoms with E-state index in [2.05, 4.69) is 0 Å². The van der Waals surface area contributed by atoms with Gasteiger partial charge in [0, 0.05) is 6.07 Å². The predicted octanol–water partition coefficient (Wildman–Crippen LogP) is 1.01. The van der Waals surface area contributed by atoms with E-state index in [0.29, 0.717) is 6.07 Å². The summed E-state index contributed by atoms with van der Waals surface area (Å²) in [5.41, 5.74) is -0.732. The molecule has 1 amide bonds. The third-order valence-electron chi connectivity index (χ3n) is 1.61. The van der Waals surface area contributed by atoms with E-state index in [1.165, 1.54) is 0 Å². The maximum Gasteiger partial charge on any atom is 0.255 e. The molecular formula is C8H6F3NO3S. The average molecular weight is 253 g/mol. The lowest BCUT2D eigenvalue weighted by Crippen LogP contribution is -2.27. The molecule has 1 aromatic rings. The Bertz CT molecular complexity index is 452. The van der Waals surface area contributed by atoms with E-state index in [1.807, 2.05) is 5.32 Å². The molecule has 2 N–H and O–H groups in total. The SMILES string of the molecule is O=C(NCS(=O)O)c1cc(F)c(F)cc1F. The Morgan fingerprint density at radius 3 is 2.38 bits per heavy atom. The lowest BCUT2D eigenvalue weighted by Gasteiger charge is -2.04. The normalized spacial score (nSPS) is 12.2. The lowest BCUT2D eigenvalue weighted by atomic mass is 10.2. The summed E-state index contributed by atoms with van der Waals surface area (Å²) in [7, 11) is 0. The number of rotatable bonds is 3. The first-order valence-corrected chi connectivity index (χ1v) is 5.19. The zero-order valence-electron chi connectivity index (χ0n) is 7.67. The Morgan fingerprint density at radius 1 is 1.25 bits per heavy atom. The van der Waals surface area contributed by atoms with Crippen LogP contribution in [0.1, 0.15) is 10.4 Å². The standard InChI is InChI=1S/C8H6F3NO3S/c9-5-2-7(11)6(10)1-4(5)8(13)12-3-16(14)15/h1-2H,3H2,(H,12,13)(H,14,15). The number of amides is 1. The van der Waals surface area contributed by atoms with Crippen LogP contribution in [0.2, 0.25) is 0 Å². The number of benzene rings is 1. The van der Waals surface area contributed by atoms with Gasteiger partial charge in [-0.3, -0.25) is 4.79 Å². The minimum absolute atomic E-state index is 0.222. The van der Waals surface area contributed by atoms with Gasteiger partial charge in [0.2, 0.25) is 0 Å². The number of hydrogen-bond donors (Lipinski definition) is 2. The zero-order chi connectivity index (χ0) is 12.3. The minimum atomic E-state index is -2.30. The highest BCUT2D eigenvalue weighted by atomic mass is 32.2. The zero-order valence-corrected chi connectivity index (χ0v) is 8.48. The van der Waals surface area contributed by atoms with Crippen LogP contribution in [0.25, 0.3) is 0 Å². The molecule has 1 unspecified atom stereocenters. The van der Waals surface area contributed by atoms with E-state index in [1.54, 1.807) is 0 Å². The van der Waals surface area contributed by atoms with Crippen LogP contribution in [0.3, 0.4) is 0 Å². The third-order valence-corrected chi connectivity index (χ3v) is 2.00. The smallest absolute Gasteiger partial charge is 0.255 e. The molecule has 1 rings (SSSR count). The fourth-order valence-electron chi connectivity index (χ4n) is 0.919. The predicted molar refractivity (Wildman–Crippen MR) is 49.4 cm³/mol. The van der Waals surface area contributed by atoms with Crippen molar-refractivity contribution < 1.29 is 26.7 Å². The molecule has 0 heterocycles. The first-order valence-electron chi connectivity index (χ1n) is 3.92. The number of carbonyl (C=O) groups is 1. The van der Waals surface area contributed by atoms with Crippen molar-refractivity contribution in [1.82, 2.24) is 5.32 Å². The first kappa shape index (κ1) is 12.7. The van der Waals surface area contributed by atoms with E-state index in [0.717, 1.165) is 0 Å². The summed E-state index contributed by atoms with van der Waals surface area (Å²) in [5, 5.41) is 1.87. The van der Waals surface area contributed by atoms with Gasteiger partial charge in [-0.1, -0.05) is 0 Å². The fraction of sp³-hybridized carbons (Fsp3) is 0.125. The van der Waals surface area contributed by atoms with E-state index in [-0.39, 0.29) is 6.07 Å². The van der Waals surface area contributed by atoms with Crippen LogP contribution in [0.5, 0.6) is 0 Å². The van der Waals surface area contributed by atoms with E-state index in [4.69, 9.17) is 4.55 Å². The molecule has 1 aromatic carbocycles. The number of halogens is 3. The van der Waals surface area contributed by atoms with Gasteiger partial charge in [-0.05, 0) is 6.07 Å². The average Bonchev–Trinajstić information content (AvgIpc) is 2.20. The Kier molecular flexibility index (Phi) is 4.02. The minimum Gasteiger partial charge on any atom is -0.338 e. The molecule has 0 fully saturated rings. The quantitative estimate of drug-likeness (QED) is 0.624. The number of carbonyl (C=O) groups excluding carboxylic acids is 1. The first-order chi connectivity index (χ1) is 7.41. The van der Waals surface area contributed by atoms with Crippen LogP contribution in [0.4, 0.5) is 13.2 Å². The number of hydrogen-bond acceptors (Lipinski definition) is 2. The molecule has 0 radical (unpaired) electrons. The van der Waals surface area contributed by atoms with Gasteiger partial charge in [-0.25, -0.2) is 17.4 Å². The van der Waals surface area contributed by atoms with Gasteiger partial charge in [-0.15, -0.1) is 0 Å². The molecule has 0 spiro atoms. The van der Waals surface area contributed by atoms with Gasteiger partial charge in [0.05, 0.1) is 5.56 Å². The second-order valence-electron chi connectivity index (χ2n) is 2.72. The van der Waals surface area contributed by atoms with Gasteiger partial charge in [0.1, 0.15) is 11.7 Å². The molecule has 8 heteroatoms. The largest absolute Gasteiger partial charge is 0.338 e. The molecule has 4 nitrogen and oxygen atoms in total. The monoisotopic (exact) mass is 253 g/mol. The summed E-state index contributed by atoms with van der Waals surface area (Å²) in [4.78, 5) is 11.1. The molecule has 1 atom stereocenters. The second kappa shape index (κ2) is 5.08. The summed E-state index contributed by atoms with van der Waals surface area (Å²) >= 11 is -2.30. The Balaban J connectivity index is 2.91. The summed E-state index contributed by atoms with van der Waals surface area (Å²) in [6.07, 6.45) is 0. The Morgan fingerprint density at radius 2 is 1.81 bits per heavy atom. The van der Waals surface area contributed by atoms with Crippen molar-refractivity contribution in [2.75, 3.05) is 5.88 Å². The molecule has 0 aliphatic rings. The molecule has 88 valence electrons. The van der Waals surface area contributed by atoms with Crippen LogP contribution >= 0.6 is 0 Å². The fourth-order valence-corrected chi connectivity index (χ4v) is 1.17. The Labute approximate surface area is 90.7 Å². The van der Waals surface area contributed by atoms with Crippen LogP contribution in [-0.2, 0) is 11.1 Å². The summed E-state index contributed by atoms with van der Waals surface area (Å²) in [6, 6.07) is 0.598. The maximum atomic E-state index is 13.0. The van der Waals surface area contributed by atoms with Gasteiger partial charge in [0.25, 0.3) is 5.91 Å². The maximum absolute atomic E-state index is 13.0. The lowest BCUT2D eigenvalue weighted by molar-refractivity contribution is 0.0955. The highest BCUT2D eigenvalue weighted by Crippen LogP contribution is 2.13. The van der Waals surface area contributed by atoms with Crippen LogP contribution in [-0.4, -0.2) is 20.5 Å². The molecule has 16 heavy (non-hydrogen) atoms. The molecule has 0 aliphatic carbocycles. The summed E-state index contributed by atoms with van der Waals surface area (Å²) < 4.78 is 56.7. The van der Waals surface area contributed by atoms with Gasteiger partial charge in [-0.2, -0.15) is 0 Å². The van der Waals surface area contributed by atoms with Crippen molar-refractivity contribution in [2.24, 2.45) is 0 Å². The molecule has 0 aliphatic heterocycles. The summed E-state index contributed by atoms with van der Waals surface area (Å²) in [5.74, 6) is -5.77. The molecule has 0 saturated carbocycles. The molecular weight excluding hydrogens is 247 g/mol. The van der Waals surface area contributed by atoms with Gasteiger partial charge < -0.3 is 9.87 Å². The van der Waals surface area contributed by atoms with Crippen molar-refractivity contribution in [1.29, 1.82) is 0 Å². The van der Waals surface area contributed by atoms with E-state index < -0.39 is 45.9 Å². The highest BCUT2D eigenvalue weighted by Gasteiger charge is 2.16. The number of nitrogens with one attached hydrogen (secondary N) is 1. The van der Waals surface area contributed by atoms with Crippen molar-refractivity contribution in [3.05, 3.63) is 35.1 Å². The van der Waals surface area contributed by atoms with Crippen molar-refractivity contribution >= 4 is 17.0 Å². The van der Waals surface area contributed by atoms with E-state index >= 15 is 0 Å². The van der Waals surface area contributed by atoms with Crippen molar-refractivity contribution in [3.8, 4) is 0 Å². The molecule has 0 saturated heterocycles. The molecule has 0 aromatic heterocycles. The van der Waals surface area contributed by atoms with Crippen LogP contribution < -0.4 is 5.32 Å². The van der Waals surface area contributed by atoms with Crippen molar-refractivity contribution in [3.63, 3.8) is 0 Å². The third kappa shape index (κ3) is 3.04. The second-order valence-corrected chi connectivity index (χ2v) is 3.65. The molecule has 0 bridgehead atoms. The van der Waals surface area contributed by atoms with Crippen LogP contribution in [0, 0.1) is 17.5 Å². The van der Waals surface area contributed by atoms with Gasteiger partial charge >= 0.3 is 0 Å². The van der Waals surface area contributed by atoms with Crippen LogP contribution in [0.15, 0.2) is 12.1 Å². The highest BCUT2D eigenvalue weighted by molar-refractivity contribution is 7.79. The topological polar surface area (TPSA) is 66.4 Å². The van der Waals surface area contributed by atoms with Gasteiger partial charge in [0.15, 0.2) is 22.7 Å². The van der Waals surface area contributed by atoms with Crippen molar-refractivity contribution in [2.45, 2.75) is 0 Å².